The summed E-state index contributed by atoms with van der Waals surface area (Å²) in [5.74, 6) is -0.00574. The van der Waals surface area contributed by atoms with Crippen molar-refractivity contribution >= 4 is 5.91 Å². The van der Waals surface area contributed by atoms with E-state index in [1.807, 2.05) is 0 Å². The van der Waals surface area contributed by atoms with E-state index in [9.17, 15) is 4.79 Å². The predicted molar refractivity (Wildman–Crippen MR) is 73.3 cm³/mol. The molecule has 0 heterocycles. The Balaban J connectivity index is 2.30. The zero-order chi connectivity index (χ0) is 13.6. The van der Waals surface area contributed by atoms with Gasteiger partial charge in [0.2, 0.25) is 5.91 Å². The Labute approximate surface area is 111 Å². The van der Waals surface area contributed by atoms with Gasteiger partial charge in [-0.1, -0.05) is 20.3 Å². The quantitative estimate of drug-likeness (QED) is 0.713. The first-order chi connectivity index (χ1) is 8.44. The maximum Gasteiger partial charge on any atom is 0.237 e. The van der Waals surface area contributed by atoms with Gasteiger partial charge in [-0.25, -0.2) is 0 Å². The largest absolute Gasteiger partial charge is 0.385 e. The van der Waals surface area contributed by atoms with Crippen molar-refractivity contribution in [2.75, 3.05) is 13.7 Å². The lowest BCUT2D eigenvalue weighted by Gasteiger charge is -2.36. The van der Waals surface area contributed by atoms with E-state index in [0.29, 0.717) is 24.5 Å². The van der Waals surface area contributed by atoms with Crippen LogP contribution in [-0.2, 0) is 9.53 Å². The minimum atomic E-state index is -0.398. The highest BCUT2D eigenvalue weighted by Gasteiger charge is 2.29. The molecule has 1 aliphatic rings. The highest BCUT2D eigenvalue weighted by atomic mass is 16.5. The van der Waals surface area contributed by atoms with Crippen molar-refractivity contribution in [3.8, 4) is 0 Å². The van der Waals surface area contributed by atoms with Crippen molar-refractivity contribution in [1.82, 2.24) is 5.32 Å². The molecule has 4 nitrogen and oxygen atoms in total. The molecule has 0 radical (unpaired) electrons. The van der Waals surface area contributed by atoms with Crippen molar-refractivity contribution < 1.29 is 9.53 Å². The first-order valence-electron chi connectivity index (χ1n) is 6.99. The molecule has 2 unspecified atom stereocenters. The number of nitrogens with two attached hydrogens (primary N) is 1. The Hall–Kier alpha value is -0.610. The van der Waals surface area contributed by atoms with E-state index in [1.165, 1.54) is 12.8 Å². The van der Waals surface area contributed by atoms with Crippen LogP contribution < -0.4 is 11.1 Å². The second-order valence-electron chi connectivity index (χ2n) is 6.21. The topological polar surface area (TPSA) is 64.3 Å². The van der Waals surface area contributed by atoms with Gasteiger partial charge in [0.1, 0.15) is 0 Å². The number of hydrogen-bond donors (Lipinski definition) is 2. The SMILES string of the molecule is COCCCC(N)C(=O)NC1CCCC(C)(C)C1. The number of carbonyl (C=O) groups excluding carboxylic acids is 1. The Morgan fingerprint density at radius 3 is 2.89 bits per heavy atom. The Bertz CT molecular complexity index is 267. The highest BCUT2D eigenvalue weighted by Crippen LogP contribution is 2.35. The lowest BCUT2D eigenvalue weighted by Crippen LogP contribution is -2.47. The number of ether oxygens (including phenoxy) is 1. The molecule has 0 spiro atoms. The van der Waals surface area contributed by atoms with E-state index < -0.39 is 6.04 Å². The van der Waals surface area contributed by atoms with Crippen LogP contribution in [0.15, 0.2) is 0 Å². The minimum Gasteiger partial charge on any atom is -0.385 e. The molecule has 1 aliphatic carbocycles. The van der Waals surface area contributed by atoms with E-state index in [0.717, 1.165) is 19.3 Å². The average Bonchev–Trinajstić information content (AvgIpc) is 2.27. The van der Waals surface area contributed by atoms with Crippen molar-refractivity contribution in [2.24, 2.45) is 11.1 Å². The molecule has 0 aromatic rings. The third-order valence-electron chi connectivity index (χ3n) is 3.75. The average molecular weight is 256 g/mol. The van der Waals surface area contributed by atoms with Gasteiger partial charge in [-0.05, 0) is 37.5 Å². The highest BCUT2D eigenvalue weighted by molar-refractivity contribution is 5.81. The van der Waals surface area contributed by atoms with E-state index in [2.05, 4.69) is 19.2 Å². The molecule has 0 aromatic heterocycles. The van der Waals surface area contributed by atoms with Crippen LogP contribution in [0.3, 0.4) is 0 Å². The molecule has 3 N–H and O–H groups in total. The van der Waals surface area contributed by atoms with Crippen molar-refractivity contribution in [2.45, 2.75) is 64.5 Å². The molecule has 0 aliphatic heterocycles. The van der Waals surface area contributed by atoms with Crippen LogP contribution >= 0.6 is 0 Å². The lowest BCUT2D eigenvalue weighted by atomic mass is 9.75. The summed E-state index contributed by atoms with van der Waals surface area (Å²) in [5.41, 5.74) is 6.22. The molecule has 0 aromatic carbocycles. The Kier molecular flexibility index (Phi) is 6.09. The van der Waals surface area contributed by atoms with Crippen LogP contribution in [0.1, 0.15) is 52.4 Å². The van der Waals surface area contributed by atoms with Gasteiger partial charge in [0.25, 0.3) is 0 Å². The fourth-order valence-electron chi connectivity index (χ4n) is 2.71. The summed E-state index contributed by atoms with van der Waals surface area (Å²) in [7, 11) is 1.66. The number of nitrogens with one attached hydrogen (secondary N) is 1. The lowest BCUT2D eigenvalue weighted by molar-refractivity contribution is -0.123. The molecule has 1 fully saturated rings. The standard InChI is InChI=1S/C14H28N2O2/c1-14(2)8-4-6-11(10-14)16-13(17)12(15)7-5-9-18-3/h11-12H,4-10,15H2,1-3H3,(H,16,17). The van der Waals surface area contributed by atoms with Gasteiger partial charge in [-0.15, -0.1) is 0 Å². The third kappa shape index (κ3) is 5.36. The van der Waals surface area contributed by atoms with E-state index >= 15 is 0 Å². The van der Waals surface area contributed by atoms with E-state index in [4.69, 9.17) is 10.5 Å². The third-order valence-corrected chi connectivity index (χ3v) is 3.75. The van der Waals surface area contributed by atoms with E-state index in [-0.39, 0.29) is 5.91 Å². The summed E-state index contributed by atoms with van der Waals surface area (Å²) in [6.07, 6.45) is 6.11. The van der Waals surface area contributed by atoms with Crippen LogP contribution in [-0.4, -0.2) is 31.7 Å². The fourth-order valence-corrected chi connectivity index (χ4v) is 2.71. The van der Waals surface area contributed by atoms with Gasteiger partial charge in [0.05, 0.1) is 6.04 Å². The molecule has 2 atom stereocenters. The summed E-state index contributed by atoms with van der Waals surface area (Å²) < 4.78 is 4.96. The smallest absolute Gasteiger partial charge is 0.237 e. The fraction of sp³-hybridized carbons (Fsp3) is 0.929. The van der Waals surface area contributed by atoms with Crippen molar-refractivity contribution in [3.05, 3.63) is 0 Å². The second-order valence-corrected chi connectivity index (χ2v) is 6.21. The van der Waals surface area contributed by atoms with Gasteiger partial charge in [-0.2, -0.15) is 0 Å². The zero-order valence-electron chi connectivity index (χ0n) is 12.0. The van der Waals surface area contributed by atoms with Gasteiger partial charge in [0, 0.05) is 19.8 Å². The maximum absolute atomic E-state index is 11.9. The number of rotatable bonds is 6. The summed E-state index contributed by atoms with van der Waals surface area (Å²) >= 11 is 0. The first kappa shape index (κ1) is 15.4. The summed E-state index contributed by atoms with van der Waals surface area (Å²) in [5, 5.41) is 3.10. The second kappa shape index (κ2) is 7.10. The number of amides is 1. The van der Waals surface area contributed by atoms with Crippen LogP contribution in [0, 0.1) is 5.41 Å². The van der Waals surface area contributed by atoms with Crippen LogP contribution in [0.25, 0.3) is 0 Å². The normalized spacial score (nSPS) is 24.6. The van der Waals surface area contributed by atoms with Gasteiger partial charge in [-0.3, -0.25) is 4.79 Å². The van der Waals surface area contributed by atoms with Crippen molar-refractivity contribution in [1.29, 1.82) is 0 Å². The van der Waals surface area contributed by atoms with Crippen LogP contribution in [0.5, 0.6) is 0 Å². The Morgan fingerprint density at radius 1 is 1.56 bits per heavy atom. The molecule has 18 heavy (non-hydrogen) atoms. The molecule has 0 bridgehead atoms. The van der Waals surface area contributed by atoms with Crippen LogP contribution in [0.2, 0.25) is 0 Å². The minimum absolute atomic E-state index is 0.00574. The Morgan fingerprint density at radius 2 is 2.28 bits per heavy atom. The van der Waals surface area contributed by atoms with E-state index in [1.54, 1.807) is 7.11 Å². The molecule has 1 saturated carbocycles. The molecular weight excluding hydrogens is 228 g/mol. The summed E-state index contributed by atoms with van der Waals surface area (Å²) in [6.45, 7) is 5.20. The number of methoxy groups -OCH3 is 1. The molecule has 106 valence electrons. The molecule has 4 heteroatoms. The molecular formula is C14H28N2O2. The van der Waals surface area contributed by atoms with Crippen molar-refractivity contribution in [3.63, 3.8) is 0 Å². The monoisotopic (exact) mass is 256 g/mol. The van der Waals surface area contributed by atoms with Gasteiger partial charge < -0.3 is 15.8 Å². The summed E-state index contributed by atoms with van der Waals surface area (Å²) in [4.78, 5) is 11.9. The van der Waals surface area contributed by atoms with Gasteiger partial charge >= 0.3 is 0 Å². The van der Waals surface area contributed by atoms with Gasteiger partial charge in [0.15, 0.2) is 0 Å². The molecule has 1 amide bonds. The first-order valence-corrected chi connectivity index (χ1v) is 6.99. The zero-order valence-corrected chi connectivity index (χ0v) is 12.0. The number of carbonyl (C=O) groups is 1. The molecule has 1 rings (SSSR count). The number of hydrogen-bond acceptors (Lipinski definition) is 3. The van der Waals surface area contributed by atoms with Crippen LogP contribution in [0.4, 0.5) is 0 Å². The maximum atomic E-state index is 11.9. The summed E-state index contributed by atoms with van der Waals surface area (Å²) in [6, 6.07) is -0.0973. The predicted octanol–water partition coefficient (Wildman–Crippen LogP) is 1.83. The molecule has 0 saturated heterocycles.